The zero-order valence-corrected chi connectivity index (χ0v) is 17.0. The number of carbonyl (C=O) groups excluding carboxylic acids is 1. The number of nitrogens with one attached hydrogen (secondary N) is 1. The molecule has 0 aliphatic rings. The van der Waals surface area contributed by atoms with Gasteiger partial charge in [0.1, 0.15) is 11.5 Å². The quantitative estimate of drug-likeness (QED) is 0.415. The van der Waals surface area contributed by atoms with Crippen LogP contribution in [0.15, 0.2) is 83.4 Å². The second-order valence-corrected chi connectivity index (χ2v) is 7.14. The van der Waals surface area contributed by atoms with E-state index in [2.05, 4.69) is 10.5 Å². The molecule has 0 radical (unpaired) electrons. The molecule has 4 rings (SSSR count). The number of benzene rings is 3. The van der Waals surface area contributed by atoms with Gasteiger partial charge in [-0.3, -0.25) is 4.79 Å². The van der Waals surface area contributed by atoms with Crippen LogP contribution < -0.4 is 10.1 Å². The normalized spacial score (nSPS) is 10.6. The fraction of sp³-hybridized carbons (Fsp3) is 0.0833. The van der Waals surface area contributed by atoms with E-state index in [0.717, 1.165) is 16.7 Å². The average Bonchev–Trinajstić information content (AvgIpc) is 3.27. The molecule has 150 valence electrons. The number of hydrogen-bond acceptors (Lipinski definition) is 4. The molecule has 4 aromatic rings. The minimum atomic E-state index is -0.296. The van der Waals surface area contributed by atoms with Gasteiger partial charge in [0.05, 0.1) is 0 Å². The summed E-state index contributed by atoms with van der Waals surface area (Å²) >= 11 is 6.13. The SMILES string of the molecule is Cc1c(Cl)cccc1Oc1ccc(CNC(=O)c2cc(-c3ccccc3)on2)cc1. The van der Waals surface area contributed by atoms with Crippen molar-refractivity contribution in [1.29, 1.82) is 0 Å². The van der Waals surface area contributed by atoms with Gasteiger partial charge < -0.3 is 14.6 Å². The minimum Gasteiger partial charge on any atom is -0.457 e. The first-order valence-corrected chi connectivity index (χ1v) is 9.80. The lowest BCUT2D eigenvalue weighted by Crippen LogP contribution is -2.22. The van der Waals surface area contributed by atoms with Crippen LogP contribution in [0.25, 0.3) is 11.3 Å². The van der Waals surface area contributed by atoms with E-state index >= 15 is 0 Å². The lowest BCUT2D eigenvalue weighted by atomic mass is 10.1. The van der Waals surface area contributed by atoms with Crippen molar-refractivity contribution in [2.45, 2.75) is 13.5 Å². The summed E-state index contributed by atoms with van der Waals surface area (Å²) in [6.07, 6.45) is 0. The number of hydrogen-bond donors (Lipinski definition) is 1. The van der Waals surface area contributed by atoms with Crippen LogP contribution in [0.2, 0.25) is 5.02 Å². The van der Waals surface area contributed by atoms with Gasteiger partial charge in [-0.2, -0.15) is 0 Å². The molecule has 5 nitrogen and oxygen atoms in total. The zero-order chi connectivity index (χ0) is 20.9. The van der Waals surface area contributed by atoms with E-state index in [1.54, 1.807) is 6.07 Å². The second-order valence-electron chi connectivity index (χ2n) is 6.73. The summed E-state index contributed by atoms with van der Waals surface area (Å²) in [5, 5.41) is 7.37. The van der Waals surface area contributed by atoms with Crippen LogP contribution in [0.5, 0.6) is 11.5 Å². The fourth-order valence-corrected chi connectivity index (χ4v) is 3.06. The molecular formula is C24H19ClN2O3. The number of rotatable bonds is 6. The zero-order valence-electron chi connectivity index (χ0n) is 16.3. The van der Waals surface area contributed by atoms with Gasteiger partial charge in [-0.15, -0.1) is 0 Å². The topological polar surface area (TPSA) is 64.4 Å². The Balaban J connectivity index is 1.35. The van der Waals surface area contributed by atoms with E-state index in [1.165, 1.54) is 0 Å². The van der Waals surface area contributed by atoms with Crippen LogP contribution in [0, 0.1) is 6.92 Å². The Morgan fingerprint density at radius 3 is 2.57 bits per heavy atom. The molecule has 0 aliphatic heterocycles. The molecule has 0 aliphatic carbocycles. The summed E-state index contributed by atoms with van der Waals surface area (Å²) in [5.41, 5.74) is 2.93. The summed E-state index contributed by atoms with van der Waals surface area (Å²) in [6, 6.07) is 24.2. The van der Waals surface area contributed by atoms with Gasteiger partial charge in [0.15, 0.2) is 11.5 Å². The van der Waals surface area contributed by atoms with Gasteiger partial charge in [-0.25, -0.2) is 0 Å². The Hall–Kier alpha value is -3.57. The highest BCUT2D eigenvalue weighted by Gasteiger charge is 2.13. The third kappa shape index (κ3) is 4.53. The highest BCUT2D eigenvalue weighted by atomic mass is 35.5. The number of halogens is 1. The summed E-state index contributed by atoms with van der Waals surface area (Å²) in [5.74, 6) is 1.66. The van der Waals surface area contributed by atoms with Crippen LogP contribution in [-0.2, 0) is 6.54 Å². The maximum absolute atomic E-state index is 12.4. The largest absolute Gasteiger partial charge is 0.457 e. The number of carbonyl (C=O) groups is 1. The maximum Gasteiger partial charge on any atom is 0.273 e. The minimum absolute atomic E-state index is 0.241. The monoisotopic (exact) mass is 418 g/mol. The molecule has 1 N–H and O–H groups in total. The van der Waals surface area contributed by atoms with Crippen molar-refractivity contribution in [3.63, 3.8) is 0 Å². The molecule has 0 spiro atoms. The Bertz CT molecular complexity index is 1150. The summed E-state index contributed by atoms with van der Waals surface area (Å²) < 4.78 is 11.2. The standard InChI is InChI=1S/C24H19ClN2O3/c1-16-20(25)8-5-9-22(16)29-19-12-10-17(11-13-19)15-26-24(28)21-14-23(30-27-21)18-6-3-2-4-7-18/h2-14H,15H2,1H3,(H,26,28). The predicted molar refractivity (Wildman–Crippen MR) is 116 cm³/mol. The van der Waals surface area contributed by atoms with E-state index in [4.69, 9.17) is 20.9 Å². The summed E-state index contributed by atoms with van der Waals surface area (Å²) in [7, 11) is 0. The lowest BCUT2D eigenvalue weighted by Gasteiger charge is -2.10. The maximum atomic E-state index is 12.4. The highest BCUT2D eigenvalue weighted by Crippen LogP contribution is 2.29. The van der Waals surface area contributed by atoms with Crippen molar-refractivity contribution in [3.05, 3.63) is 101 Å². The van der Waals surface area contributed by atoms with E-state index in [-0.39, 0.29) is 11.6 Å². The predicted octanol–water partition coefficient (Wildman–Crippen LogP) is 6.03. The smallest absolute Gasteiger partial charge is 0.273 e. The van der Waals surface area contributed by atoms with Crippen LogP contribution in [0.4, 0.5) is 0 Å². The van der Waals surface area contributed by atoms with Crippen LogP contribution in [-0.4, -0.2) is 11.1 Å². The first-order chi connectivity index (χ1) is 14.6. The van der Waals surface area contributed by atoms with Crippen molar-refractivity contribution < 1.29 is 14.1 Å². The third-order valence-electron chi connectivity index (χ3n) is 4.62. The molecule has 1 aromatic heterocycles. The molecule has 0 bridgehead atoms. The van der Waals surface area contributed by atoms with E-state index < -0.39 is 0 Å². The third-order valence-corrected chi connectivity index (χ3v) is 5.03. The Kier molecular flexibility index (Phi) is 5.82. The Labute approximate surface area is 179 Å². The first-order valence-electron chi connectivity index (χ1n) is 9.42. The highest BCUT2D eigenvalue weighted by molar-refractivity contribution is 6.31. The molecule has 0 fully saturated rings. The second kappa shape index (κ2) is 8.84. The summed E-state index contributed by atoms with van der Waals surface area (Å²) in [4.78, 5) is 12.4. The van der Waals surface area contributed by atoms with Crippen LogP contribution in [0.1, 0.15) is 21.6 Å². The van der Waals surface area contributed by atoms with Crippen molar-refractivity contribution in [1.82, 2.24) is 10.5 Å². The van der Waals surface area contributed by atoms with Crippen molar-refractivity contribution in [3.8, 4) is 22.8 Å². The van der Waals surface area contributed by atoms with E-state index in [1.807, 2.05) is 79.7 Å². The molecule has 1 amide bonds. The van der Waals surface area contributed by atoms with Gasteiger partial charge in [0, 0.05) is 28.8 Å². The lowest BCUT2D eigenvalue weighted by molar-refractivity contribution is 0.0942. The van der Waals surface area contributed by atoms with Gasteiger partial charge in [-0.1, -0.05) is 65.3 Å². The number of ether oxygens (including phenoxy) is 1. The van der Waals surface area contributed by atoms with Crippen molar-refractivity contribution in [2.75, 3.05) is 0 Å². The van der Waals surface area contributed by atoms with Gasteiger partial charge in [-0.05, 0) is 36.8 Å². The molecular weight excluding hydrogens is 400 g/mol. The number of aromatic nitrogens is 1. The molecule has 3 aromatic carbocycles. The fourth-order valence-electron chi connectivity index (χ4n) is 2.89. The number of amides is 1. The van der Waals surface area contributed by atoms with Gasteiger partial charge in [0.2, 0.25) is 0 Å². The van der Waals surface area contributed by atoms with Gasteiger partial charge >= 0.3 is 0 Å². The summed E-state index contributed by atoms with van der Waals surface area (Å²) in [6.45, 7) is 2.28. The van der Waals surface area contributed by atoms with Crippen molar-refractivity contribution in [2.24, 2.45) is 0 Å². The first kappa shape index (κ1) is 19.7. The molecule has 30 heavy (non-hydrogen) atoms. The van der Waals surface area contributed by atoms with E-state index in [9.17, 15) is 4.79 Å². The molecule has 6 heteroatoms. The van der Waals surface area contributed by atoms with Crippen LogP contribution >= 0.6 is 11.6 Å². The molecule has 0 saturated carbocycles. The molecule has 0 saturated heterocycles. The van der Waals surface area contributed by atoms with Gasteiger partial charge in [0.25, 0.3) is 5.91 Å². The molecule has 1 heterocycles. The molecule has 0 atom stereocenters. The Morgan fingerprint density at radius 1 is 1.03 bits per heavy atom. The van der Waals surface area contributed by atoms with Crippen molar-refractivity contribution >= 4 is 17.5 Å². The van der Waals surface area contributed by atoms with Crippen LogP contribution in [0.3, 0.4) is 0 Å². The average molecular weight is 419 g/mol. The van der Waals surface area contributed by atoms with E-state index in [0.29, 0.717) is 28.8 Å². The number of nitrogens with zero attached hydrogens (tertiary/aromatic N) is 1. The Morgan fingerprint density at radius 2 is 1.80 bits per heavy atom. The molecule has 0 unspecified atom stereocenters.